The highest BCUT2D eigenvalue weighted by molar-refractivity contribution is 9.10. The molecule has 104 valence electrons. The summed E-state index contributed by atoms with van der Waals surface area (Å²) in [6.45, 7) is 1.18. The van der Waals surface area contributed by atoms with E-state index in [0.29, 0.717) is 45.9 Å². The van der Waals surface area contributed by atoms with Crippen LogP contribution < -0.4 is 15.2 Å². The van der Waals surface area contributed by atoms with Gasteiger partial charge in [0.2, 0.25) is 0 Å². The molecule has 1 aliphatic heterocycles. The number of benzene rings is 1. The second-order valence-corrected chi connectivity index (χ2v) is 5.52. The van der Waals surface area contributed by atoms with Crippen molar-refractivity contribution in [1.29, 1.82) is 0 Å². The molecule has 1 aromatic heterocycles. The molecular formula is C13H11BrClN3O2. The van der Waals surface area contributed by atoms with Gasteiger partial charge >= 0.3 is 0 Å². The van der Waals surface area contributed by atoms with E-state index in [9.17, 15) is 0 Å². The summed E-state index contributed by atoms with van der Waals surface area (Å²) < 4.78 is 11.9. The summed E-state index contributed by atoms with van der Waals surface area (Å²) in [5, 5.41) is 0.476. The second-order valence-electron chi connectivity index (χ2n) is 4.26. The highest BCUT2D eigenvalue weighted by atomic mass is 79.9. The molecule has 2 aromatic rings. The Bertz CT molecular complexity index is 666. The van der Waals surface area contributed by atoms with Crippen molar-refractivity contribution in [3.63, 3.8) is 0 Å². The molecule has 0 aliphatic carbocycles. The number of aromatic nitrogens is 2. The Hall–Kier alpha value is -1.53. The average molecular weight is 357 g/mol. The quantitative estimate of drug-likeness (QED) is 0.849. The summed E-state index contributed by atoms with van der Waals surface area (Å²) in [6, 6.07) is 3.56. The standard InChI is InChI=1S/C13H11BrClN3O2/c14-8-6-17-13(18-12(8)16)7-4-9(15)11-10(5-7)19-2-1-3-20-11/h4-6H,1-3H2,(H2,16,17,18). The molecule has 0 fully saturated rings. The Morgan fingerprint density at radius 2 is 2.05 bits per heavy atom. The van der Waals surface area contributed by atoms with E-state index in [1.165, 1.54) is 0 Å². The van der Waals surface area contributed by atoms with Crippen molar-refractivity contribution in [2.24, 2.45) is 0 Å². The van der Waals surface area contributed by atoms with Gasteiger partial charge in [0.05, 0.1) is 22.7 Å². The number of rotatable bonds is 1. The first-order valence-electron chi connectivity index (χ1n) is 6.02. The Morgan fingerprint density at radius 3 is 2.85 bits per heavy atom. The third-order valence-electron chi connectivity index (χ3n) is 2.83. The number of hydrogen-bond donors (Lipinski definition) is 1. The Kier molecular flexibility index (Phi) is 3.67. The molecule has 20 heavy (non-hydrogen) atoms. The first-order valence-corrected chi connectivity index (χ1v) is 7.20. The Labute approximate surface area is 129 Å². The lowest BCUT2D eigenvalue weighted by Gasteiger charge is -2.11. The minimum Gasteiger partial charge on any atom is -0.489 e. The fourth-order valence-electron chi connectivity index (χ4n) is 1.88. The zero-order chi connectivity index (χ0) is 14.1. The van der Waals surface area contributed by atoms with Gasteiger partial charge in [-0.3, -0.25) is 0 Å². The number of anilines is 1. The molecule has 0 radical (unpaired) electrons. The van der Waals surface area contributed by atoms with Gasteiger partial charge in [0.15, 0.2) is 17.3 Å². The first-order chi connectivity index (χ1) is 9.65. The van der Waals surface area contributed by atoms with Crippen LogP contribution in [0.25, 0.3) is 11.4 Å². The number of nitrogens with two attached hydrogens (primary N) is 1. The van der Waals surface area contributed by atoms with E-state index in [-0.39, 0.29) is 0 Å². The van der Waals surface area contributed by atoms with Gasteiger partial charge in [-0.1, -0.05) is 11.6 Å². The molecule has 0 bridgehead atoms. The van der Waals surface area contributed by atoms with Crippen LogP contribution in [0.1, 0.15) is 6.42 Å². The zero-order valence-corrected chi connectivity index (χ0v) is 12.7. The number of fused-ring (bicyclic) bond motifs is 1. The monoisotopic (exact) mass is 355 g/mol. The van der Waals surface area contributed by atoms with Crippen LogP contribution in [-0.4, -0.2) is 23.2 Å². The Balaban J connectivity index is 2.08. The molecule has 2 N–H and O–H groups in total. The summed E-state index contributed by atoms with van der Waals surface area (Å²) in [4.78, 5) is 8.45. The van der Waals surface area contributed by atoms with Crippen LogP contribution in [0.2, 0.25) is 5.02 Å². The van der Waals surface area contributed by atoms with Gasteiger partial charge in [-0.2, -0.15) is 0 Å². The summed E-state index contributed by atoms with van der Waals surface area (Å²) >= 11 is 9.51. The molecule has 0 unspecified atom stereocenters. The van der Waals surface area contributed by atoms with Crippen LogP contribution in [0.5, 0.6) is 11.5 Å². The normalized spacial score (nSPS) is 13.9. The first kappa shape index (κ1) is 13.5. The van der Waals surface area contributed by atoms with E-state index in [1.54, 1.807) is 12.3 Å². The van der Waals surface area contributed by atoms with Crippen molar-refractivity contribution in [2.45, 2.75) is 6.42 Å². The molecular weight excluding hydrogens is 346 g/mol. The summed E-state index contributed by atoms with van der Waals surface area (Å²) in [5.74, 6) is 2.04. The van der Waals surface area contributed by atoms with E-state index < -0.39 is 0 Å². The highest BCUT2D eigenvalue weighted by Gasteiger charge is 2.17. The molecule has 0 atom stereocenters. The lowest BCUT2D eigenvalue weighted by Crippen LogP contribution is -1.98. The lowest BCUT2D eigenvalue weighted by molar-refractivity contribution is 0.297. The highest BCUT2D eigenvalue weighted by Crippen LogP contribution is 2.40. The third kappa shape index (κ3) is 2.53. The molecule has 3 rings (SSSR count). The second kappa shape index (κ2) is 5.46. The largest absolute Gasteiger partial charge is 0.489 e. The van der Waals surface area contributed by atoms with Gasteiger partial charge < -0.3 is 15.2 Å². The molecule has 1 aromatic carbocycles. The van der Waals surface area contributed by atoms with Gasteiger partial charge in [0, 0.05) is 18.2 Å². The van der Waals surface area contributed by atoms with Crippen LogP contribution >= 0.6 is 27.5 Å². The van der Waals surface area contributed by atoms with Crippen molar-refractivity contribution in [1.82, 2.24) is 9.97 Å². The van der Waals surface area contributed by atoms with Crippen molar-refractivity contribution in [3.8, 4) is 22.9 Å². The number of nitrogen functional groups attached to an aromatic ring is 1. The van der Waals surface area contributed by atoms with E-state index in [1.807, 2.05) is 6.07 Å². The summed E-state index contributed by atoms with van der Waals surface area (Å²) in [6.07, 6.45) is 2.43. The van der Waals surface area contributed by atoms with Crippen LogP contribution in [0, 0.1) is 0 Å². The Morgan fingerprint density at radius 1 is 1.25 bits per heavy atom. The van der Waals surface area contributed by atoms with Crippen LogP contribution in [0.3, 0.4) is 0 Å². The molecule has 0 spiro atoms. The molecule has 0 saturated carbocycles. The predicted molar refractivity (Wildman–Crippen MR) is 80.2 cm³/mol. The molecule has 1 aliphatic rings. The SMILES string of the molecule is Nc1nc(-c2cc(Cl)c3c(c2)OCCCO3)ncc1Br. The van der Waals surface area contributed by atoms with Crippen molar-refractivity contribution in [2.75, 3.05) is 18.9 Å². The maximum atomic E-state index is 6.24. The fourth-order valence-corrected chi connectivity index (χ4v) is 2.34. The number of ether oxygens (including phenoxy) is 2. The molecule has 2 heterocycles. The van der Waals surface area contributed by atoms with E-state index in [4.69, 9.17) is 26.8 Å². The van der Waals surface area contributed by atoms with Crippen molar-refractivity contribution >= 4 is 33.3 Å². The minimum absolute atomic E-state index is 0.373. The molecule has 5 nitrogen and oxygen atoms in total. The zero-order valence-electron chi connectivity index (χ0n) is 10.4. The van der Waals surface area contributed by atoms with Crippen LogP contribution in [-0.2, 0) is 0 Å². The smallest absolute Gasteiger partial charge is 0.179 e. The van der Waals surface area contributed by atoms with Crippen molar-refractivity contribution < 1.29 is 9.47 Å². The van der Waals surface area contributed by atoms with Crippen LogP contribution in [0.15, 0.2) is 22.8 Å². The van der Waals surface area contributed by atoms with Gasteiger partial charge in [-0.05, 0) is 28.1 Å². The van der Waals surface area contributed by atoms with Gasteiger partial charge in [0.25, 0.3) is 0 Å². The van der Waals surface area contributed by atoms with E-state index >= 15 is 0 Å². The van der Waals surface area contributed by atoms with Gasteiger partial charge in [0.1, 0.15) is 5.82 Å². The van der Waals surface area contributed by atoms with E-state index in [0.717, 1.165) is 12.0 Å². The van der Waals surface area contributed by atoms with E-state index in [2.05, 4.69) is 25.9 Å². The molecule has 0 saturated heterocycles. The lowest BCUT2D eigenvalue weighted by atomic mass is 10.2. The fraction of sp³-hybridized carbons (Fsp3) is 0.231. The minimum atomic E-state index is 0.373. The topological polar surface area (TPSA) is 70.3 Å². The maximum Gasteiger partial charge on any atom is 0.179 e. The van der Waals surface area contributed by atoms with Gasteiger partial charge in [-0.25, -0.2) is 9.97 Å². The number of hydrogen-bond acceptors (Lipinski definition) is 5. The molecule has 7 heteroatoms. The number of halogens is 2. The summed E-state index contributed by atoms with van der Waals surface area (Å²) in [7, 11) is 0. The van der Waals surface area contributed by atoms with Gasteiger partial charge in [-0.15, -0.1) is 0 Å². The average Bonchev–Trinajstić information content (AvgIpc) is 2.67. The maximum absolute atomic E-state index is 6.24. The molecule has 0 amide bonds. The summed E-state index contributed by atoms with van der Waals surface area (Å²) in [5.41, 5.74) is 6.51. The predicted octanol–water partition coefficient (Wildman–Crippen LogP) is 3.30. The van der Waals surface area contributed by atoms with Crippen molar-refractivity contribution in [3.05, 3.63) is 27.8 Å². The number of nitrogens with zero attached hydrogens (tertiary/aromatic N) is 2. The van der Waals surface area contributed by atoms with Crippen LogP contribution in [0.4, 0.5) is 5.82 Å². The third-order valence-corrected chi connectivity index (χ3v) is 3.72.